The lowest BCUT2D eigenvalue weighted by atomic mass is 10.1. The molecule has 1 heterocycles. The maximum absolute atomic E-state index is 10.5. The Morgan fingerprint density at radius 2 is 2.08 bits per heavy atom. The van der Waals surface area contributed by atoms with Gasteiger partial charge in [-0.1, -0.05) is 29.4 Å². The van der Waals surface area contributed by atoms with E-state index in [4.69, 9.17) is 0 Å². The molecule has 1 aromatic heterocycles. The summed E-state index contributed by atoms with van der Waals surface area (Å²) in [5.74, 6) is 0. The lowest BCUT2D eigenvalue weighted by Crippen LogP contribution is -1.86. The van der Waals surface area contributed by atoms with Crippen molar-refractivity contribution in [2.75, 3.05) is 0 Å². The minimum absolute atomic E-state index is 0.497. The van der Waals surface area contributed by atoms with Gasteiger partial charge < -0.3 is 4.52 Å². The molecule has 0 amide bonds. The van der Waals surface area contributed by atoms with E-state index in [-0.39, 0.29) is 0 Å². The Morgan fingerprint density at radius 3 is 2.77 bits per heavy atom. The van der Waals surface area contributed by atoms with E-state index in [0.29, 0.717) is 11.3 Å². The highest BCUT2D eigenvalue weighted by Crippen LogP contribution is 2.19. The Kier molecular flexibility index (Phi) is 1.92. The van der Waals surface area contributed by atoms with Crippen molar-refractivity contribution < 1.29 is 9.32 Å². The monoisotopic (exact) mass is 172 g/mol. The number of aromatic nitrogens is 1. The van der Waals surface area contributed by atoms with Gasteiger partial charge in [-0.15, -0.1) is 0 Å². The third kappa shape index (κ3) is 1.36. The fourth-order valence-corrected chi connectivity index (χ4v) is 1.15. The Labute approximate surface area is 75.0 Å². The summed E-state index contributed by atoms with van der Waals surface area (Å²) >= 11 is 0. The first-order valence-electron chi connectivity index (χ1n) is 3.80. The van der Waals surface area contributed by atoms with Gasteiger partial charge in [-0.05, 0) is 0 Å². The van der Waals surface area contributed by atoms with Gasteiger partial charge in [0.1, 0.15) is 12.0 Å². The Morgan fingerprint density at radius 1 is 1.23 bits per heavy atom. The molecular weight excluding hydrogens is 166 g/mol. The maximum atomic E-state index is 10.5. The summed E-state index contributed by atoms with van der Waals surface area (Å²) in [6.45, 7) is 0. The molecule has 0 fully saturated rings. The predicted molar refractivity (Wildman–Crippen MR) is 46.7 cm³/mol. The van der Waals surface area contributed by atoms with Crippen molar-refractivity contribution in [1.82, 2.24) is 5.16 Å². The van der Waals surface area contributed by atoms with Crippen LogP contribution in [0, 0.1) is 0 Å². The normalized spacial score (nSPS) is 9.85. The van der Waals surface area contributed by atoms with Crippen LogP contribution in [0.3, 0.4) is 0 Å². The molecule has 0 saturated heterocycles. The standard InChI is InChI=1S/C10H6NO2/c12-7-8-3-1-2-4-9(8)10-5-6-13-11-10/h1-6H. The summed E-state index contributed by atoms with van der Waals surface area (Å²) < 4.78 is 4.69. The average Bonchev–Trinajstić information content (AvgIpc) is 2.70. The first-order chi connectivity index (χ1) is 6.42. The average molecular weight is 172 g/mol. The number of carbonyl (C=O) groups excluding carboxylic acids is 1. The van der Waals surface area contributed by atoms with E-state index in [9.17, 15) is 4.79 Å². The van der Waals surface area contributed by atoms with Crippen molar-refractivity contribution in [2.45, 2.75) is 0 Å². The van der Waals surface area contributed by atoms with Crippen molar-refractivity contribution >= 4 is 6.29 Å². The lowest BCUT2D eigenvalue weighted by molar-refractivity contribution is 0.422. The molecule has 2 aromatic rings. The van der Waals surface area contributed by atoms with E-state index in [1.54, 1.807) is 24.3 Å². The van der Waals surface area contributed by atoms with Crippen LogP contribution in [0.2, 0.25) is 0 Å². The van der Waals surface area contributed by atoms with Gasteiger partial charge >= 0.3 is 0 Å². The van der Waals surface area contributed by atoms with Gasteiger partial charge in [-0.3, -0.25) is 4.79 Å². The summed E-state index contributed by atoms with van der Waals surface area (Å²) in [6, 6.07) is 8.82. The minimum atomic E-state index is 0.497. The van der Waals surface area contributed by atoms with E-state index in [1.807, 2.05) is 12.4 Å². The molecule has 0 saturated carbocycles. The van der Waals surface area contributed by atoms with Crippen molar-refractivity contribution in [2.24, 2.45) is 0 Å². The highest BCUT2D eigenvalue weighted by atomic mass is 16.5. The topological polar surface area (TPSA) is 43.1 Å². The molecular formula is C10H6NO2. The third-order valence-corrected chi connectivity index (χ3v) is 1.75. The molecule has 0 aliphatic heterocycles. The molecule has 1 aromatic carbocycles. The van der Waals surface area contributed by atoms with E-state index >= 15 is 0 Å². The SMILES string of the molecule is O=[C]c1ccccc1-c1ccon1. The summed E-state index contributed by atoms with van der Waals surface area (Å²) in [5, 5.41) is 3.74. The van der Waals surface area contributed by atoms with Crippen LogP contribution in [0.5, 0.6) is 0 Å². The van der Waals surface area contributed by atoms with Crippen LogP contribution in [0.1, 0.15) is 5.56 Å². The van der Waals surface area contributed by atoms with Crippen LogP contribution in [-0.4, -0.2) is 11.4 Å². The first-order valence-corrected chi connectivity index (χ1v) is 3.80. The fourth-order valence-electron chi connectivity index (χ4n) is 1.15. The Bertz CT molecular complexity index is 407. The van der Waals surface area contributed by atoms with Crippen LogP contribution in [0.25, 0.3) is 11.3 Å². The molecule has 0 spiro atoms. The molecule has 0 aliphatic carbocycles. The van der Waals surface area contributed by atoms with Gasteiger partial charge in [-0.2, -0.15) is 0 Å². The zero-order chi connectivity index (χ0) is 9.10. The van der Waals surface area contributed by atoms with E-state index < -0.39 is 0 Å². The third-order valence-electron chi connectivity index (χ3n) is 1.75. The van der Waals surface area contributed by atoms with Crippen molar-refractivity contribution in [1.29, 1.82) is 0 Å². The number of benzene rings is 1. The van der Waals surface area contributed by atoms with Crippen LogP contribution < -0.4 is 0 Å². The molecule has 3 nitrogen and oxygen atoms in total. The zero-order valence-corrected chi connectivity index (χ0v) is 6.73. The van der Waals surface area contributed by atoms with E-state index in [2.05, 4.69) is 9.68 Å². The van der Waals surface area contributed by atoms with Gasteiger partial charge in [-0.25, -0.2) is 0 Å². The molecule has 3 heteroatoms. The number of nitrogens with zero attached hydrogens (tertiary/aromatic N) is 1. The van der Waals surface area contributed by atoms with Gasteiger partial charge in [0.25, 0.3) is 0 Å². The summed E-state index contributed by atoms with van der Waals surface area (Å²) in [6.07, 6.45) is 3.32. The van der Waals surface area contributed by atoms with Gasteiger partial charge in [0.15, 0.2) is 0 Å². The molecule has 0 bridgehead atoms. The summed E-state index contributed by atoms with van der Waals surface area (Å²) in [7, 11) is 0. The Balaban J connectivity index is 2.57. The molecule has 0 atom stereocenters. The molecule has 0 aliphatic rings. The smallest absolute Gasteiger partial charge is 0.234 e. The highest BCUT2D eigenvalue weighted by Gasteiger charge is 2.05. The molecule has 0 N–H and O–H groups in total. The van der Waals surface area contributed by atoms with Gasteiger partial charge in [0.05, 0.1) is 0 Å². The second-order valence-corrected chi connectivity index (χ2v) is 2.53. The largest absolute Gasteiger partial charge is 0.364 e. The number of hydrogen-bond acceptors (Lipinski definition) is 3. The van der Waals surface area contributed by atoms with Crippen LogP contribution >= 0.6 is 0 Å². The highest BCUT2D eigenvalue weighted by molar-refractivity contribution is 5.86. The lowest BCUT2D eigenvalue weighted by Gasteiger charge is -1.97. The fraction of sp³-hybridized carbons (Fsp3) is 0. The summed E-state index contributed by atoms with van der Waals surface area (Å²) in [4.78, 5) is 10.5. The van der Waals surface area contributed by atoms with Crippen LogP contribution in [-0.2, 0) is 4.79 Å². The van der Waals surface area contributed by atoms with Crippen molar-refractivity contribution in [3.05, 3.63) is 42.2 Å². The predicted octanol–water partition coefficient (Wildman–Crippen LogP) is 1.80. The van der Waals surface area contributed by atoms with Gasteiger partial charge in [0, 0.05) is 17.2 Å². The van der Waals surface area contributed by atoms with Crippen molar-refractivity contribution in [3.8, 4) is 11.3 Å². The van der Waals surface area contributed by atoms with Crippen molar-refractivity contribution in [3.63, 3.8) is 0 Å². The first kappa shape index (κ1) is 7.73. The molecule has 63 valence electrons. The molecule has 1 radical (unpaired) electrons. The maximum Gasteiger partial charge on any atom is 0.234 e. The second kappa shape index (κ2) is 3.23. The van der Waals surface area contributed by atoms with E-state index in [0.717, 1.165) is 5.56 Å². The quantitative estimate of drug-likeness (QED) is 0.693. The van der Waals surface area contributed by atoms with Crippen LogP contribution in [0.15, 0.2) is 41.1 Å². The van der Waals surface area contributed by atoms with Gasteiger partial charge in [0.2, 0.25) is 6.29 Å². The van der Waals surface area contributed by atoms with Crippen LogP contribution in [0.4, 0.5) is 0 Å². The zero-order valence-electron chi connectivity index (χ0n) is 6.73. The number of rotatable bonds is 2. The molecule has 2 rings (SSSR count). The minimum Gasteiger partial charge on any atom is -0.364 e. The molecule has 13 heavy (non-hydrogen) atoms. The molecule has 0 unspecified atom stereocenters. The summed E-state index contributed by atoms with van der Waals surface area (Å²) in [5.41, 5.74) is 1.89. The number of hydrogen-bond donors (Lipinski definition) is 0. The Hall–Kier alpha value is -1.90. The second-order valence-electron chi connectivity index (χ2n) is 2.53. The van der Waals surface area contributed by atoms with E-state index in [1.165, 1.54) is 6.26 Å².